The van der Waals surface area contributed by atoms with Crippen molar-refractivity contribution < 1.29 is 0 Å². The first kappa shape index (κ1) is 18.2. The van der Waals surface area contributed by atoms with Crippen molar-refractivity contribution in [3.05, 3.63) is 40.0 Å². The molecule has 0 saturated carbocycles. The third kappa shape index (κ3) is 5.81. The highest BCUT2D eigenvalue weighted by molar-refractivity contribution is 7.09. The molecule has 2 heterocycles. The molecule has 0 aliphatic rings. The smallest absolute Gasteiger partial charge is 0.191 e. The highest BCUT2D eigenvalue weighted by Gasteiger charge is 2.02. The van der Waals surface area contributed by atoms with Gasteiger partial charge in [0.25, 0.3) is 0 Å². The molecule has 0 unspecified atom stereocenters. The second-order valence-electron chi connectivity index (χ2n) is 5.64. The number of anilines is 1. The van der Waals surface area contributed by atoms with Gasteiger partial charge in [0.2, 0.25) is 0 Å². The van der Waals surface area contributed by atoms with Crippen molar-refractivity contribution in [3.8, 4) is 0 Å². The Balaban J connectivity index is 1.91. The summed E-state index contributed by atoms with van der Waals surface area (Å²) in [5, 5.41) is 9.85. The zero-order chi connectivity index (χ0) is 17.4. The van der Waals surface area contributed by atoms with E-state index < -0.39 is 0 Å². The van der Waals surface area contributed by atoms with Crippen molar-refractivity contribution in [2.24, 2.45) is 4.99 Å². The van der Waals surface area contributed by atoms with Crippen LogP contribution >= 0.6 is 11.3 Å². The van der Waals surface area contributed by atoms with E-state index in [0.717, 1.165) is 47.7 Å². The Kier molecular flexibility index (Phi) is 6.99. The van der Waals surface area contributed by atoms with Crippen LogP contribution in [0.2, 0.25) is 0 Å². The van der Waals surface area contributed by atoms with E-state index in [-0.39, 0.29) is 0 Å². The molecule has 130 valence electrons. The maximum atomic E-state index is 4.62. The number of aryl methyl sites for hydroxylation is 1. The second kappa shape index (κ2) is 9.22. The molecule has 0 radical (unpaired) electrons. The van der Waals surface area contributed by atoms with Gasteiger partial charge < -0.3 is 15.5 Å². The number of hydrogen-bond donors (Lipinski definition) is 2. The van der Waals surface area contributed by atoms with Crippen LogP contribution in [0.1, 0.15) is 23.3 Å². The van der Waals surface area contributed by atoms with E-state index in [2.05, 4.69) is 37.9 Å². The molecule has 0 aliphatic heterocycles. The number of aliphatic imine (C=N–C) groups is 1. The molecule has 0 aromatic carbocycles. The molecule has 2 N–H and O–H groups in total. The molecular formula is C17H26N6S. The van der Waals surface area contributed by atoms with Gasteiger partial charge in [0.1, 0.15) is 5.82 Å². The van der Waals surface area contributed by atoms with E-state index in [0.29, 0.717) is 6.54 Å². The zero-order valence-electron chi connectivity index (χ0n) is 14.8. The molecule has 0 amide bonds. The lowest BCUT2D eigenvalue weighted by atomic mass is 10.3. The number of thiazole rings is 1. The maximum Gasteiger partial charge on any atom is 0.191 e. The van der Waals surface area contributed by atoms with E-state index in [1.807, 2.05) is 44.1 Å². The summed E-state index contributed by atoms with van der Waals surface area (Å²) in [7, 11) is 3.97. The molecular weight excluding hydrogens is 320 g/mol. The number of pyridine rings is 1. The molecule has 2 rings (SSSR count). The molecule has 0 saturated heterocycles. The summed E-state index contributed by atoms with van der Waals surface area (Å²) in [5.74, 6) is 1.75. The lowest BCUT2D eigenvalue weighted by molar-refractivity contribution is 0.792. The van der Waals surface area contributed by atoms with Gasteiger partial charge in [0.15, 0.2) is 5.96 Å². The van der Waals surface area contributed by atoms with Crippen LogP contribution in [0.15, 0.2) is 28.6 Å². The fourth-order valence-electron chi connectivity index (χ4n) is 2.11. The fraction of sp³-hybridized carbons (Fsp3) is 0.471. The highest BCUT2D eigenvalue weighted by atomic mass is 32.1. The Labute approximate surface area is 148 Å². The summed E-state index contributed by atoms with van der Waals surface area (Å²) < 4.78 is 0. The first-order valence-electron chi connectivity index (χ1n) is 8.15. The molecule has 2 aromatic rings. The molecule has 0 atom stereocenters. The summed E-state index contributed by atoms with van der Waals surface area (Å²) >= 11 is 1.70. The SMILES string of the molecule is CCNC(=NCc1cccc(N(C)C)n1)NCCc1nc(C)cs1. The van der Waals surface area contributed by atoms with Crippen molar-refractivity contribution >= 4 is 23.1 Å². The monoisotopic (exact) mass is 346 g/mol. The van der Waals surface area contributed by atoms with Gasteiger partial charge >= 0.3 is 0 Å². The van der Waals surface area contributed by atoms with Gasteiger partial charge in [-0.3, -0.25) is 0 Å². The van der Waals surface area contributed by atoms with Gasteiger partial charge in [0.05, 0.1) is 17.2 Å². The molecule has 0 fully saturated rings. The summed E-state index contributed by atoms with van der Waals surface area (Å²) in [6.45, 7) is 6.27. The predicted molar refractivity (Wildman–Crippen MR) is 102 cm³/mol. The normalized spacial score (nSPS) is 11.4. The predicted octanol–water partition coefficient (Wildman–Crippen LogP) is 2.21. The van der Waals surface area contributed by atoms with Crippen LogP contribution < -0.4 is 15.5 Å². The van der Waals surface area contributed by atoms with E-state index in [9.17, 15) is 0 Å². The summed E-state index contributed by atoms with van der Waals surface area (Å²) in [5.41, 5.74) is 2.04. The van der Waals surface area contributed by atoms with Crippen LogP contribution in [-0.4, -0.2) is 43.1 Å². The first-order chi connectivity index (χ1) is 11.6. The Morgan fingerprint density at radius 2 is 2.08 bits per heavy atom. The highest BCUT2D eigenvalue weighted by Crippen LogP contribution is 2.09. The maximum absolute atomic E-state index is 4.62. The number of guanidine groups is 1. The van der Waals surface area contributed by atoms with Crippen LogP contribution in [0, 0.1) is 6.92 Å². The van der Waals surface area contributed by atoms with Crippen LogP contribution in [0.3, 0.4) is 0 Å². The molecule has 0 spiro atoms. The standard InChI is InChI=1S/C17H26N6S/c1-5-18-17(19-10-9-16-21-13(2)12-24-16)20-11-14-7-6-8-15(22-14)23(3)4/h6-8,12H,5,9-11H2,1-4H3,(H2,18,19,20). The zero-order valence-corrected chi connectivity index (χ0v) is 15.7. The topological polar surface area (TPSA) is 65.4 Å². The van der Waals surface area contributed by atoms with E-state index in [1.165, 1.54) is 0 Å². The van der Waals surface area contributed by atoms with Crippen LogP contribution in [0.4, 0.5) is 5.82 Å². The van der Waals surface area contributed by atoms with Crippen molar-refractivity contribution in [3.63, 3.8) is 0 Å². The minimum absolute atomic E-state index is 0.549. The van der Waals surface area contributed by atoms with Crippen molar-refractivity contribution in [1.82, 2.24) is 20.6 Å². The van der Waals surface area contributed by atoms with E-state index in [4.69, 9.17) is 0 Å². The molecule has 7 heteroatoms. The van der Waals surface area contributed by atoms with Crippen molar-refractivity contribution in [2.45, 2.75) is 26.8 Å². The Hall–Kier alpha value is -2.15. The molecule has 0 bridgehead atoms. The van der Waals surface area contributed by atoms with Crippen LogP contribution in [0.25, 0.3) is 0 Å². The average molecular weight is 347 g/mol. The summed E-state index contributed by atoms with van der Waals surface area (Å²) in [4.78, 5) is 15.7. The van der Waals surface area contributed by atoms with Crippen LogP contribution in [0.5, 0.6) is 0 Å². The van der Waals surface area contributed by atoms with Gasteiger partial charge in [0, 0.05) is 44.7 Å². The summed E-state index contributed by atoms with van der Waals surface area (Å²) in [6.07, 6.45) is 0.900. The molecule has 24 heavy (non-hydrogen) atoms. The lowest BCUT2D eigenvalue weighted by Crippen LogP contribution is -2.38. The van der Waals surface area contributed by atoms with E-state index in [1.54, 1.807) is 11.3 Å². The van der Waals surface area contributed by atoms with Gasteiger partial charge in [-0.2, -0.15) is 0 Å². The fourth-order valence-corrected chi connectivity index (χ4v) is 2.89. The van der Waals surface area contributed by atoms with Crippen molar-refractivity contribution in [1.29, 1.82) is 0 Å². The first-order valence-corrected chi connectivity index (χ1v) is 9.03. The third-order valence-electron chi connectivity index (χ3n) is 3.29. The third-order valence-corrected chi connectivity index (χ3v) is 4.32. The largest absolute Gasteiger partial charge is 0.363 e. The van der Waals surface area contributed by atoms with Gasteiger partial charge in [-0.25, -0.2) is 15.0 Å². The van der Waals surface area contributed by atoms with Gasteiger partial charge in [-0.15, -0.1) is 11.3 Å². The molecule has 6 nitrogen and oxygen atoms in total. The number of aromatic nitrogens is 2. The minimum Gasteiger partial charge on any atom is -0.363 e. The Morgan fingerprint density at radius 1 is 1.25 bits per heavy atom. The quantitative estimate of drug-likeness (QED) is 0.594. The van der Waals surface area contributed by atoms with Gasteiger partial charge in [-0.05, 0) is 26.0 Å². The second-order valence-corrected chi connectivity index (χ2v) is 6.58. The van der Waals surface area contributed by atoms with E-state index >= 15 is 0 Å². The summed E-state index contributed by atoms with van der Waals surface area (Å²) in [6, 6.07) is 6.00. The Bertz CT molecular complexity index is 665. The number of hydrogen-bond acceptors (Lipinski definition) is 5. The molecule has 2 aromatic heterocycles. The van der Waals surface area contributed by atoms with Gasteiger partial charge in [-0.1, -0.05) is 6.07 Å². The lowest BCUT2D eigenvalue weighted by Gasteiger charge is -2.13. The van der Waals surface area contributed by atoms with Crippen molar-refractivity contribution in [2.75, 3.05) is 32.1 Å². The van der Waals surface area contributed by atoms with Crippen LogP contribution in [-0.2, 0) is 13.0 Å². The number of rotatable bonds is 7. The Morgan fingerprint density at radius 3 is 2.75 bits per heavy atom. The average Bonchev–Trinajstić information content (AvgIpc) is 2.98. The molecule has 0 aliphatic carbocycles. The number of nitrogens with one attached hydrogen (secondary N) is 2. The number of nitrogens with zero attached hydrogens (tertiary/aromatic N) is 4. The minimum atomic E-state index is 0.549.